The minimum atomic E-state index is -0.442. The maximum absolute atomic E-state index is 13.3. The molecule has 6 nitrogen and oxygen atoms in total. The van der Waals surface area contributed by atoms with Gasteiger partial charge in [-0.2, -0.15) is 0 Å². The van der Waals surface area contributed by atoms with E-state index in [1.165, 1.54) is 13.2 Å². The first kappa shape index (κ1) is 19.9. The van der Waals surface area contributed by atoms with Gasteiger partial charge in [-0.25, -0.2) is 5.48 Å². The molecule has 0 bridgehead atoms. The zero-order valence-electron chi connectivity index (χ0n) is 18.1. The summed E-state index contributed by atoms with van der Waals surface area (Å²) in [5.74, 6) is -0.450. The average molecular weight is 426 g/mol. The number of furan rings is 1. The quantitative estimate of drug-likeness (QED) is 0.276. The Morgan fingerprint density at radius 2 is 1.81 bits per heavy atom. The molecule has 0 spiro atoms. The minimum Gasteiger partial charge on any atom is -0.461 e. The van der Waals surface area contributed by atoms with Crippen molar-refractivity contribution in [3.05, 3.63) is 77.6 Å². The fraction of sp³-hybridized carbons (Fsp3) is 0.154. The largest absolute Gasteiger partial charge is 0.461 e. The van der Waals surface area contributed by atoms with Crippen LogP contribution < -0.4 is 5.48 Å². The standard InChI is InChI=1S/C26H22N2O4/c1-4-28-22-11-9-17(25(30)18-8-6-5-7-15(18)2)13-20(22)24-23(28)12-10-19-21(14-31-26(19)24)27-32-16(3)29/h5-14,27H,4H2,1-3H3. The molecule has 0 amide bonds. The van der Waals surface area contributed by atoms with Gasteiger partial charge >= 0.3 is 5.97 Å². The van der Waals surface area contributed by atoms with Gasteiger partial charge in [-0.3, -0.25) is 9.59 Å². The molecule has 0 saturated heterocycles. The zero-order valence-corrected chi connectivity index (χ0v) is 18.1. The smallest absolute Gasteiger partial charge is 0.329 e. The van der Waals surface area contributed by atoms with Gasteiger partial charge in [0, 0.05) is 40.9 Å². The molecular weight excluding hydrogens is 404 g/mol. The van der Waals surface area contributed by atoms with E-state index in [0.717, 1.165) is 39.3 Å². The topological polar surface area (TPSA) is 73.5 Å². The zero-order chi connectivity index (χ0) is 22.4. The van der Waals surface area contributed by atoms with Crippen LogP contribution in [0.25, 0.3) is 32.8 Å². The van der Waals surface area contributed by atoms with E-state index in [-0.39, 0.29) is 5.78 Å². The third-order valence-corrected chi connectivity index (χ3v) is 5.84. The van der Waals surface area contributed by atoms with Crippen molar-refractivity contribution in [3.8, 4) is 0 Å². The lowest BCUT2D eigenvalue weighted by Gasteiger charge is -2.06. The first-order valence-electron chi connectivity index (χ1n) is 10.5. The predicted molar refractivity (Wildman–Crippen MR) is 125 cm³/mol. The third kappa shape index (κ3) is 3.03. The highest BCUT2D eigenvalue weighted by Gasteiger charge is 2.19. The van der Waals surface area contributed by atoms with E-state index in [9.17, 15) is 9.59 Å². The summed E-state index contributed by atoms with van der Waals surface area (Å²) < 4.78 is 8.11. The highest BCUT2D eigenvalue weighted by Crippen LogP contribution is 2.38. The van der Waals surface area contributed by atoms with Gasteiger partial charge in [0.15, 0.2) is 5.78 Å². The number of carbonyl (C=O) groups is 2. The molecule has 1 N–H and O–H groups in total. The van der Waals surface area contributed by atoms with Crippen molar-refractivity contribution >= 4 is 50.2 Å². The monoisotopic (exact) mass is 426 g/mol. The van der Waals surface area contributed by atoms with Crippen LogP contribution in [-0.2, 0) is 16.2 Å². The molecule has 0 aliphatic carbocycles. The number of nitrogens with one attached hydrogen (secondary N) is 1. The highest BCUT2D eigenvalue weighted by atomic mass is 16.7. The Morgan fingerprint density at radius 1 is 1.03 bits per heavy atom. The van der Waals surface area contributed by atoms with Gasteiger partial charge in [-0.05, 0) is 49.7 Å². The van der Waals surface area contributed by atoms with E-state index in [2.05, 4.69) is 17.0 Å². The molecule has 0 aliphatic heterocycles. The molecule has 5 aromatic rings. The van der Waals surface area contributed by atoms with E-state index in [0.29, 0.717) is 22.4 Å². The summed E-state index contributed by atoms with van der Waals surface area (Å²) >= 11 is 0. The number of hydrogen-bond donors (Lipinski definition) is 1. The molecule has 0 aliphatic rings. The van der Waals surface area contributed by atoms with Crippen molar-refractivity contribution < 1.29 is 18.8 Å². The molecule has 2 heterocycles. The van der Waals surface area contributed by atoms with Crippen LogP contribution in [0.2, 0.25) is 0 Å². The average Bonchev–Trinajstić information content (AvgIpc) is 3.35. The van der Waals surface area contributed by atoms with Crippen molar-refractivity contribution in [2.75, 3.05) is 5.48 Å². The summed E-state index contributed by atoms with van der Waals surface area (Å²) in [4.78, 5) is 29.4. The highest BCUT2D eigenvalue weighted by molar-refractivity contribution is 6.22. The molecule has 0 atom stereocenters. The fourth-order valence-electron chi connectivity index (χ4n) is 4.35. The lowest BCUT2D eigenvalue weighted by Crippen LogP contribution is -2.05. The second kappa shape index (κ2) is 7.57. The summed E-state index contributed by atoms with van der Waals surface area (Å²) in [7, 11) is 0. The van der Waals surface area contributed by atoms with Gasteiger partial charge in [0.1, 0.15) is 17.5 Å². The number of aromatic nitrogens is 1. The number of ketones is 1. The molecule has 2 aromatic heterocycles. The van der Waals surface area contributed by atoms with Crippen LogP contribution in [0.5, 0.6) is 0 Å². The van der Waals surface area contributed by atoms with E-state index < -0.39 is 5.97 Å². The second-order valence-electron chi connectivity index (χ2n) is 7.80. The first-order chi connectivity index (χ1) is 15.5. The van der Waals surface area contributed by atoms with Crippen molar-refractivity contribution in [2.45, 2.75) is 27.3 Å². The summed E-state index contributed by atoms with van der Waals surface area (Å²) in [6.45, 7) is 6.13. The molecule has 32 heavy (non-hydrogen) atoms. The Hall–Kier alpha value is -4.06. The lowest BCUT2D eigenvalue weighted by molar-refractivity contribution is -0.138. The summed E-state index contributed by atoms with van der Waals surface area (Å²) in [6.07, 6.45) is 1.53. The number of anilines is 1. The molecule has 0 unspecified atom stereocenters. The van der Waals surface area contributed by atoms with Gasteiger partial charge in [-0.15, -0.1) is 0 Å². The normalized spacial score (nSPS) is 11.3. The van der Waals surface area contributed by atoms with Gasteiger partial charge < -0.3 is 13.8 Å². The van der Waals surface area contributed by atoms with Gasteiger partial charge in [0.25, 0.3) is 0 Å². The van der Waals surface area contributed by atoms with E-state index in [4.69, 9.17) is 9.25 Å². The molecule has 3 aromatic carbocycles. The van der Waals surface area contributed by atoms with Crippen molar-refractivity contribution in [1.82, 2.24) is 4.57 Å². The molecule has 160 valence electrons. The first-order valence-corrected chi connectivity index (χ1v) is 10.5. The number of fused-ring (bicyclic) bond motifs is 5. The summed E-state index contributed by atoms with van der Waals surface area (Å²) in [5.41, 5.74) is 8.22. The summed E-state index contributed by atoms with van der Waals surface area (Å²) in [6, 6.07) is 17.4. The van der Waals surface area contributed by atoms with Crippen molar-refractivity contribution in [1.29, 1.82) is 0 Å². The Labute approximate surface area is 184 Å². The number of carbonyl (C=O) groups excluding carboxylic acids is 2. The second-order valence-corrected chi connectivity index (χ2v) is 7.80. The number of aryl methyl sites for hydroxylation is 2. The van der Waals surface area contributed by atoms with E-state index >= 15 is 0 Å². The van der Waals surface area contributed by atoms with Crippen LogP contribution >= 0.6 is 0 Å². The number of nitrogens with zero attached hydrogens (tertiary/aromatic N) is 1. The van der Waals surface area contributed by atoms with Gasteiger partial charge in [0.05, 0.1) is 10.9 Å². The van der Waals surface area contributed by atoms with E-state index in [1.54, 1.807) is 0 Å². The van der Waals surface area contributed by atoms with Crippen LogP contribution in [0.3, 0.4) is 0 Å². The Bertz CT molecular complexity index is 1520. The maximum atomic E-state index is 13.3. The van der Waals surface area contributed by atoms with Gasteiger partial charge in [0.2, 0.25) is 0 Å². The number of hydrogen-bond acceptors (Lipinski definition) is 5. The Balaban J connectivity index is 1.74. The van der Waals surface area contributed by atoms with Crippen LogP contribution in [0.1, 0.15) is 35.3 Å². The minimum absolute atomic E-state index is 0.00812. The maximum Gasteiger partial charge on any atom is 0.329 e. The van der Waals surface area contributed by atoms with Crippen molar-refractivity contribution in [2.24, 2.45) is 0 Å². The molecule has 6 heteroatoms. The molecule has 0 radical (unpaired) electrons. The van der Waals surface area contributed by atoms with Gasteiger partial charge in [-0.1, -0.05) is 24.3 Å². The fourth-order valence-corrected chi connectivity index (χ4v) is 4.35. The van der Waals surface area contributed by atoms with Crippen LogP contribution in [0.15, 0.2) is 65.3 Å². The Morgan fingerprint density at radius 3 is 2.56 bits per heavy atom. The lowest BCUT2D eigenvalue weighted by atomic mass is 9.97. The third-order valence-electron chi connectivity index (χ3n) is 5.84. The SMILES string of the molecule is CCn1c2ccc(C(=O)c3ccccc3C)cc2c2c3occ(NOC(C)=O)c3ccc21. The molecule has 0 fully saturated rings. The van der Waals surface area contributed by atoms with Crippen molar-refractivity contribution in [3.63, 3.8) is 0 Å². The number of benzene rings is 3. The predicted octanol–water partition coefficient (Wildman–Crippen LogP) is 5.99. The summed E-state index contributed by atoms with van der Waals surface area (Å²) in [5, 5.41) is 2.67. The van der Waals surface area contributed by atoms with Crippen LogP contribution in [-0.4, -0.2) is 16.3 Å². The number of rotatable bonds is 5. The Kier molecular flexibility index (Phi) is 4.70. The van der Waals surface area contributed by atoms with Crippen LogP contribution in [0, 0.1) is 6.92 Å². The molecule has 0 saturated carbocycles. The van der Waals surface area contributed by atoms with E-state index in [1.807, 2.05) is 61.5 Å². The molecule has 5 rings (SSSR count). The molecular formula is C26H22N2O4. The van der Waals surface area contributed by atoms with Crippen LogP contribution in [0.4, 0.5) is 5.69 Å².